The molecular formula is C15H14FNO3. The number of esters is 1. The van der Waals surface area contributed by atoms with E-state index in [-0.39, 0.29) is 24.5 Å². The van der Waals surface area contributed by atoms with E-state index < -0.39 is 11.8 Å². The summed E-state index contributed by atoms with van der Waals surface area (Å²) in [4.78, 5) is 11.7. The van der Waals surface area contributed by atoms with Crippen LogP contribution in [0.25, 0.3) is 0 Å². The number of benzene rings is 2. The van der Waals surface area contributed by atoms with Gasteiger partial charge in [0, 0.05) is 5.69 Å². The summed E-state index contributed by atoms with van der Waals surface area (Å²) >= 11 is 0. The second kappa shape index (κ2) is 6.56. The van der Waals surface area contributed by atoms with Crippen LogP contribution in [0.5, 0.6) is 5.75 Å². The molecule has 0 aliphatic heterocycles. The summed E-state index contributed by atoms with van der Waals surface area (Å²) in [6.45, 7) is 0.296. The van der Waals surface area contributed by atoms with Crippen molar-refractivity contribution in [3.05, 3.63) is 59.9 Å². The Morgan fingerprint density at radius 2 is 1.85 bits per heavy atom. The lowest BCUT2D eigenvalue weighted by atomic mass is 10.2. The third-order valence-corrected chi connectivity index (χ3v) is 2.48. The van der Waals surface area contributed by atoms with Crippen molar-refractivity contribution in [1.29, 1.82) is 0 Å². The predicted octanol–water partition coefficient (Wildman–Crippen LogP) is 2.64. The molecule has 5 heteroatoms. The monoisotopic (exact) mass is 275 g/mol. The van der Waals surface area contributed by atoms with Crippen molar-refractivity contribution in [1.82, 2.24) is 0 Å². The van der Waals surface area contributed by atoms with Gasteiger partial charge in [-0.05, 0) is 30.3 Å². The van der Waals surface area contributed by atoms with Crippen molar-refractivity contribution < 1.29 is 18.7 Å². The zero-order chi connectivity index (χ0) is 14.4. The fraction of sp³-hybridized carbons (Fsp3) is 0.133. The topological polar surface area (TPSA) is 61.6 Å². The number of ether oxygens (including phenoxy) is 2. The molecule has 4 nitrogen and oxygen atoms in total. The number of halogens is 1. The van der Waals surface area contributed by atoms with E-state index in [1.54, 1.807) is 12.1 Å². The third-order valence-electron chi connectivity index (χ3n) is 2.48. The van der Waals surface area contributed by atoms with Crippen molar-refractivity contribution in [2.24, 2.45) is 0 Å². The molecule has 0 aliphatic carbocycles. The van der Waals surface area contributed by atoms with Crippen molar-refractivity contribution in [2.45, 2.75) is 0 Å². The van der Waals surface area contributed by atoms with Gasteiger partial charge in [-0.1, -0.05) is 18.2 Å². The highest BCUT2D eigenvalue weighted by Gasteiger charge is 2.09. The van der Waals surface area contributed by atoms with Gasteiger partial charge in [0.2, 0.25) is 0 Å². The van der Waals surface area contributed by atoms with Crippen LogP contribution in [-0.4, -0.2) is 19.2 Å². The number of hydrogen-bond acceptors (Lipinski definition) is 4. The summed E-state index contributed by atoms with van der Waals surface area (Å²) in [7, 11) is 0. The molecule has 0 heterocycles. The van der Waals surface area contributed by atoms with E-state index in [0.29, 0.717) is 5.75 Å². The summed E-state index contributed by atoms with van der Waals surface area (Å²) in [5.74, 6) is -0.510. The van der Waals surface area contributed by atoms with Crippen LogP contribution < -0.4 is 10.5 Å². The van der Waals surface area contributed by atoms with E-state index in [0.717, 1.165) is 12.1 Å². The average molecular weight is 275 g/mol. The Morgan fingerprint density at radius 3 is 2.55 bits per heavy atom. The zero-order valence-corrected chi connectivity index (χ0v) is 10.7. The predicted molar refractivity (Wildman–Crippen MR) is 73.0 cm³/mol. The lowest BCUT2D eigenvalue weighted by molar-refractivity contribution is 0.0450. The van der Waals surface area contributed by atoms with Gasteiger partial charge in [-0.25, -0.2) is 9.18 Å². The number of carbonyl (C=O) groups excluding carboxylic acids is 1. The number of rotatable bonds is 5. The molecule has 2 N–H and O–H groups in total. The Balaban J connectivity index is 1.80. The Hall–Kier alpha value is -2.56. The summed E-state index contributed by atoms with van der Waals surface area (Å²) in [6.07, 6.45) is 0. The first-order valence-electron chi connectivity index (χ1n) is 6.06. The van der Waals surface area contributed by atoms with Gasteiger partial charge < -0.3 is 15.2 Å². The standard InChI is InChI=1S/C15H14FNO3/c16-12-8-11(9-13(17)10-12)15(18)20-7-6-19-14-4-2-1-3-5-14/h1-5,8-10H,6-7,17H2. The quantitative estimate of drug-likeness (QED) is 0.517. The first-order valence-corrected chi connectivity index (χ1v) is 6.06. The Morgan fingerprint density at radius 1 is 1.10 bits per heavy atom. The van der Waals surface area contributed by atoms with Crippen LogP contribution in [-0.2, 0) is 4.74 Å². The Labute approximate surface area is 115 Å². The van der Waals surface area contributed by atoms with E-state index in [9.17, 15) is 9.18 Å². The molecule has 0 fully saturated rings. The molecule has 0 unspecified atom stereocenters. The number of hydrogen-bond donors (Lipinski definition) is 1. The molecule has 0 saturated heterocycles. The van der Waals surface area contributed by atoms with Gasteiger partial charge in [0.15, 0.2) is 0 Å². The molecule has 104 valence electrons. The number of nitrogens with two attached hydrogens (primary N) is 1. The Kier molecular flexibility index (Phi) is 4.55. The first kappa shape index (κ1) is 13.9. The average Bonchev–Trinajstić information content (AvgIpc) is 2.43. The van der Waals surface area contributed by atoms with E-state index in [2.05, 4.69) is 0 Å². The molecule has 2 rings (SSSR count). The molecule has 0 aliphatic rings. The van der Waals surface area contributed by atoms with Crippen LogP contribution in [0, 0.1) is 5.82 Å². The maximum atomic E-state index is 13.1. The van der Waals surface area contributed by atoms with Crippen LogP contribution in [0.15, 0.2) is 48.5 Å². The van der Waals surface area contributed by atoms with Gasteiger partial charge in [-0.3, -0.25) is 0 Å². The maximum absolute atomic E-state index is 13.1. The van der Waals surface area contributed by atoms with Crippen molar-refractivity contribution in [3.8, 4) is 5.75 Å². The van der Waals surface area contributed by atoms with Crippen molar-refractivity contribution >= 4 is 11.7 Å². The normalized spacial score (nSPS) is 10.1. The minimum Gasteiger partial charge on any atom is -0.490 e. The summed E-state index contributed by atoms with van der Waals surface area (Å²) < 4.78 is 23.4. The van der Waals surface area contributed by atoms with Crippen LogP contribution in [0.1, 0.15) is 10.4 Å². The van der Waals surface area contributed by atoms with E-state index in [4.69, 9.17) is 15.2 Å². The van der Waals surface area contributed by atoms with E-state index >= 15 is 0 Å². The largest absolute Gasteiger partial charge is 0.490 e. The first-order chi connectivity index (χ1) is 9.65. The minimum absolute atomic E-state index is 0.0736. The molecule has 0 saturated carbocycles. The smallest absolute Gasteiger partial charge is 0.338 e. The molecule has 0 atom stereocenters. The molecule has 0 amide bonds. The number of nitrogen functional groups attached to an aromatic ring is 1. The highest BCUT2D eigenvalue weighted by Crippen LogP contribution is 2.12. The van der Waals surface area contributed by atoms with Crippen LogP contribution in [0.4, 0.5) is 10.1 Å². The highest BCUT2D eigenvalue weighted by molar-refractivity contribution is 5.90. The van der Waals surface area contributed by atoms with Gasteiger partial charge in [0.1, 0.15) is 24.8 Å². The summed E-state index contributed by atoms with van der Waals surface area (Å²) in [6, 6.07) is 12.7. The second-order valence-corrected chi connectivity index (χ2v) is 4.07. The number of carbonyl (C=O) groups is 1. The molecule has 0 bridgehead atoms. The van der Waals surface area contributed by atoms with Gasteiger partial charge in [-0.15, -0.1) is 0 Å². The lowest BCUT2D eigenvalue weighted by Gasteiger charge is -2.07. The van der Waals surface area contributed by atoms with Gasteiger partial charge in [0.25, 0.3) is 0 Å². The van der Waals surface area contributed by atoms with Gasteiger partial charge in [0.05, 0.1) is 5.56 Å². The van der Waals surface area contributed by atoms with Crippen LogP contribution >= 0.6 is 0 Å². The molecule has 0 spiro atoms. The highest BCUT2D eigenvalue weighted by atomic mass is 19.1. The fourth-order valence-corrected chi connectivity index (χ4v) is 1.62. The molecule has 2 aromatic carbocycles. The van der Waals surface area contributed by atoms with E-state index in [1.807, 2.05) is 18.2 Å². The third kappa shape index (κ3) is 3.98. The molecule has 2 aromatic rings. The Bertz CT molecular complexity index is 567. The number of para-hydroxylation sites is 1. The maximum Gasteiger partial charge on any atom is 0.338 e. The van der Waals surface area contributed by atoms with Gasteiger partial charge >= 0.3 is 5.97 Å². The summed E-state index contributed by atoms with van der Waals surface area (Å²) in [5.41, 5.74) is 5.72. The number of anilines is 1. The molecular weight excluding hydrogens is 261 g/mol. The van der Waals surface area contributed by atoms with Crippen molar-refractivity contribution in [2.75, 3.05) is 18.9 Å². The molecule has 20 heavy (non-hydrogen) atoms. The van der Waals surface area contributed by atoms with E-state index in [1.165, 1.54) is 6.07 Å². The SMILES string of the molecule is Nc1cc(F)cc(C(=O)OCCOc2ccccc2)c1. The molecule has 0 radical (unpaired) electrons. The second-order valence-electron chi connectivity index (χ2n) is 4.07. The molecule has 0 aromatic heterocycles. The van der Waals surface area contributed by atoms with Gasteiger partial charge in [-0.2, -0.15) is 0 Å². The fourth-order valence-electron chi connectivity index (χ4n) is 1.62. The zero-order valence-electron chi connectivity index (χ0n) is 10.7. The van der Waals surface area contributed by atoms with Crippen LogP contribution in [0.3, 0.4) is 0 Å². The van der Waals surface area contributed by atoms with Crippen molar-refractivity contribution in [3.63, 3.8) is 0 Å². The summed E-state index contributed by atoms with van der Waals surface area (Å²) in [5, 5.41) is 0. The minimum atomic E-state index is -0.632. The lowest BCUT2D eigenvalue weighted by Crippen LogP contribution is -2.12. The van der Waals surface area contributed by atoms with Crippen LogP contribution in [0.2, 0.25) is 0 Å².